The topological polar surface area (TPSA) is 90.9 Å². The number of fused-ring (bicyclic) bond motifs is 1. The first-order chi connectivity index (χ1) is 12.1. The molecule has 1 aromatic heterocycles. The van der Waals surface area contributed by atoms with Gasteiger partial charge in [-0.2, -0.15) is 10.4 Å². The van der Waals surface area contributed by atoms with Crippen LogP contribution < -0.4 is 10.6 Å². The highest BCUT2D eigenvalue weighted by molar-refractivity contribution is 5.80. The van der Waals surface area contributed by atoms with Crippen molar-refractivity contribution in [2.24, 2.45) is 4.99 Å². The molecule has 2 aromatic rings. The Balaban J connectivity index is 1.68. The summed E-state index contributed by atoms with van der Waals surface area (Å²) in [6.45, 7) is 2.98. The molecule has 0 saturated carbocycles. The maximum absolute atomic E-state index is 13.9. The number of rotatable bonds is 3. The van der Waals surface area contributed by atoms with Gasteiger partial charge >= 0.3 is 0 Å². The van der Waals surface area contributed by atoms with E-state index in [2.05, 4.69) is 25.7 Å². The molecule has 0 aliphatic carbocycles. The van der Waals surface area contributed by atoms with Crippen molar-refractivity contribution in [3.8, 4) is 6.07 Å². The van der Waals surface area contributed by atoms with E-state index in [1.54, 1.807) is 7.05 Å². The Hall–Kier alpha value is -2.95. The summed E-state index contributed by atoms with van der Waals surface area (Å²) < 4.78 is 15.8. The van der Waals surface area contributed by atoms with Gasteiger partial charge in [-0.25, -0.2) is 14.1 Å². The summed E-state index contributed by atoms with van der Waals surface area (Å²) in [5, 5.41) is 19.7. The molecule has 0 fully saturated rings. The van der Waals surface area contributed by atoms with Gasteiger partial charge in [0.15, 0.2) is 5.96 Å². The predicted octanol–water partition coefficient (Wildman–Crippen LogP) is 1.80. The van der Waals surface area contributed by atoms with Crippen LogP contribution in [0.1, 0.15) is 41.7 Å². The number of nitrogens with one attached hydrogen (secondary N) is 2. The highest BCUT2D eigenvalue weighted by Gasteiger charge is 2.24. The van der Waals surface area contributed by atoms with Crippen molar-refractivity contribution >= 4 is 5.96 Å². The summed E-state index contributed by atoms with van der Waals surface area (Å²) in [4.78, 5) is 8.68. The molecule has 1 aromatic carbocycles. The molecule has 0 bridgehead atoms. The van der Waals surface area contributed by atoms with Crippen molar-refractivity contribution in [1.82, 2.24) is 25.4 Å². The van der Waals surface area contributed by atoms with Gasteiger partial charge in [-0.15, -0.1) is 0 Å². The van der Waals surface area contributed by atoms with Crippen LogP contribution in [0, 0.1) is 24.1 Å². The summed E-state index contributed by atoms with van der Waals surface area (Å²) in [7, 11) is 1.66. The molecular weight excluding hydrogens is 321 g/mol. The van der Waals surface area contributed by atoms with E-state index in [1.807, 2.05) is 17.7 Å². The lowest BCUT2D eigenvalue weighted by atomic mass is 10.1. The van der Waals surface area contributed by atoms with Crippen molar-refractivity contribution in [3.05, 3.63) is 46.8 Å². The summed E-state index contributed by atoms with van der Waals surface area (Å²) in [6.07, 6.45) is 1.93. The van der Waals surface area contributed by atoms with E-state index in [9.17, 15) is 4.39 Å². The van der Waals surface area contributed by atoms with Crippen LogP contribution in [0.3, 0.4) is 0 Å². The minimum absolute atomic E-state index is 0.0106. The highest BCUT2D eigenvalue weighted by atomic mass is 19.1. The number of hydrogen-bond donors (Lipinski definition) is 2. The van der Waals surface area contributed by atoms with E-state index < -0.39 is 0 Å². The summed E-state index contributed by atoms with van der Waals surface area (Å²) >= 11 is 0. The predicted molar refractivity (Wildman–Crippen MR) is 91.2 cm³/mol. The summed E-state index contributed by atoms with van der Waals surface area (Å²) in [5.41, 5.74) is 0.849. The molecule has 1 atom stereocenters. The van der Waals surface area contributed by atoms with Gasteiger partial charge in [0.1, 0.15) is 17.5 Å². The van der Waals surface area contributed by atoms with Crippen LogP contribution in [0.5, 0.6) is 0 Å². The van der Waals surface area contributed by atoms with E-state index in [-0.39, 0.29) is 18.4 Å². The first-order valence-electron chi connectivity index (χ1n) is 8.17. The standard InChI is InChI=1S/C17H20FN7/c1-11-22-16-15(4-3-7-25(16)24-11)23-17(20-2)21-10-13-8-12(9-19)5-6-14(13)18/h5-6,8,15H,3-4,7,10H2,1-2H3,(H2,20,21,23). The van der Waals surface area contributed by atoms with Crippen molar-refractivity contribution in [3.63, 3.8) is 0 Å². The lowest BCUT2D eigenvalue weighted by Gasteiger charge is -2.25. The monoisotopic (exact) mass is 341 g/mol. The average Bonchev–Trinajstić information content (AvgIpc) is 3.00. The second-order valence-electron chi connectivity index (χ2n) is 5.92. The average molecular weight is 341 g/mol. The molecule has 1 unspecified atom stereocenters. The third-order valence-electron chi connectivity index (χ3n) is 4.14. The third-order valence-corrected chi connectivity index (χ3v) is 4.14. The van der Waals surface area contributed by atoms with E-state index in [4.69, 9.17) is 5.26 Å². The van der Waals surface area contributed by atoms with Crippen LogP contribution in [-0.4, -0.2) is 27.8 Å². The molecule has 25 heavy (non-hydrogen) atoms. The fraction of sp³-hybridized carbons (Fsp3) is 0.412. The van der Waals surface area contributed by atoms with Crippen LogP contribution in [-0.2, 0) is 13.1 Å². The first kappa shape index (κ1) is 16.9. The van der Waals surface area contributed by atoms with Gasteiger partial charge in [0.05, 0.1) is 17.7 Å². The summed E-state index contributed by atoms with van der Waals surface area (Å²) in [5.74, 6) is 1.85. The van der Waals surface area contributed by atoms with E-state index in [0.29, 0.717) is 17.1 Å². The number of aromatic nitrogens is 3. The summed E-state index contributed by atoms with van der Waals surface area (Å²) in [6, 6.07) is 6.33. The second-order valence-corrected chi connectivity index (χ2v) is 5.92. The number of aliphatic imine (C=N–C) groups is 1. The fourth-order valence-corrected chi connectivity index (χ4v) is 2.92. The van der Waals surface area contributed by atoms with E-state index >= 15 is 0 Å². The lowest BCUT2D eigenvalue weighted by molar-refractivity contribution is 0.397. The SMILES string of the molecule is CN=C(NCc1cc(C#N)ccc1F)NC1CCCn2nc(C)nc21. The molecule has 1 aliphatic rings. The Bertz CT molecular complexity index is 834. The number of halogens is 1. The molecule has 8 heteroatoms. The minimum Gasteiger partial charge on any atom is -0.352 e. The Kier molecular flexibility index (Phi) is 4.93. The Morgan fingerprint density at radius 2 is 2.36 bits per heavy atom. The quantitative estimate of drug-likeness (QED) is 0.656. The Labute approximate surface area is 145 Å². The van der Waals surface area contributed by atoms with Crippen molar-refractivity contribution in [2.75, 3.05) is 7.05 Å². The zero-order valence-corrected chi connectivity index (χ0v) is 14.3. The van der Waals surface area contributed by atoms with Gasteiger partial charge in [0.2, 0.25) is 0 Å². The Morgan fingerprint density at radius 3 is 3.12 bits per heavy atom. The maximum Gasteiger partial charge on any atom is 0.191 e. The third kappa shape index (κ3) is 3.76. The Morgan fingerprint density at radius 1 is 1.52 bits per heavy atom. The molecule has 130 valence electrons. The number of hydrogen-bond acceptors (Lipinski definition) is 4. The van der Waals surface area contributed by atoms with Crippen LogP contribution in [0.2, 0.25) is 0 Å². The number of guanidine groups is 1. The number of aryl methyl sites for hydroxylation is 2. The second kappa shape index (κ2) is 7.30. The van der Waals surface area contributed by atoms with E-state index in [1.165, 1.54) is 18.2 Å². The number of nitriles is 1. The van der Waals surface area contributed by atoms with Crippen molar-refractivity contribution in [2.45, 2.75) is 38.9 Å². The van der Waals surface area contributed by atoms with Gasteiger partial charge < -0.3 is 10.6 Å². The van der Waals surface area contributed by atoms with Crippen LogP contribution in [0.15, 0.2) is 23.2 Å². The smallest absolute Gasteiger partial charge is 0.191 e. The molecule has 2 N–H and O–H groups in total. The molecule has 0 spiro atoms. The van der Waals surface area contributed by atoms with Crippen LogP contribution in [0.4, 0.5) is 4.39 Å². The lowest BCUT2D eigenvalue weighted by Crippen LogP contribution is -2.41. The largest absolute Gasteiger partial charge is 0.352 e. The maximum atomic E-state index is 13.9. The van der Waals surface area contributed by atoms with Crippen molar-refractivity contribution < 1.29 is 4.39 Å². The first-order valence-corrected chi connectivity index (χ1v) is 8.17. The van der Waals surface area contributed by atoms with Gasteiger partial charge in [-0.05, 0) is 38.0 Å². The zero-order chi connectivity index (χ0) is 17.8. The fourth-order valence-electron chi connectivity index (χ4n) is 2.92. The van der Waals surface area contributed by atoms with Crippen LogP contribution >= 0.6 is 0 Å². The van der Waals surface area contributed by atoms with Crippen LogP contribution in [0.25, 0.3) is 0 Å². The molecule has 7 nitrogen and oxygen atoms in total. The molecule has 0 radical (unpaired) electrons. The highest BCUT2D eigenvalue weighted by Crippen LogP contribution is 2.22. The number of nitrogens with zero attached hydrogens (tertiary/aromatic N) is 5. The molecule has 1 aliphatic heterocycles. The molecule has 2 heterocycles. The number of benzene rings is 1. The minimum atomic E-state index is -0.352. The molecule has 0 saturated heterocycles. The molecule has 0 amide bonds. The zero-order valence-electron chi connectivity index (χ0n) is 14.3. The van der Waals surface area contributed by atoms with Gasteiger partial charge in [-0.3, -0.25) is 4.99 Å². The van der Waals surface area contributed by atoms with Gasteiger partial charge in [0.25, 0.3) is 0 Å². The molecular formula is C17H20FN7. The molecule has 3 rings (SSSR count). The van der Waals surface area contributed by atoms with E-state index in [0.717, 1.165) is 31.0 Å². The van der Waals surface area contributed by atoms with Crippen molar-refractivity contribution in [1.29, 1.82) is 5.26 Å². The van der Waals surface area contributed by atoms with Gasteiger partial charge in [0, 0.05) is 25.7 Å². The normalized spacial score (nSPS) is 16.9. The van der Waals surface area contributed by atoms with Gasteiger partial charge in [-0.1, -0.05) is 0 Å².